The van der Waals surface area contributed by atoms with E-state index in [4.69, 9.17) is 9.73 Å². The summed E-state index contributed by atoms with van der Waals surface area (Å²) < 4.78 is 7.18. The average Bonchev–Trinajstić information content (AvgIpc) is 3.35. The molecule has 9 heteroatoms. The van der Waals surface area contributed by atoms with Gasteiger partial charge in [0, 0.05) is 13.6 Å². The van der Waals surface area contributed by atoms with Gasteiger partial charge in [-0.2, -0.15) is 11.3 Å². The summed E-state index contributed by atoms with van der Waals surface area (Å²) in [5, 5.41) is 19.2. The quantitative estimate of drug-likeness (QED) is 0.268. The van der Waals surface area contributed by atoms with E-state index in [0.29, 0.717) is 13.1 Å². The van der Waals surface area contributed by atoms with E-state index in [1.165, 1.54) is 11.1 Å². The topological polar surface area (TPSA) is 76.4 Å². The number of guanidine groups is 1. The molecule has 0 aliphatic carbocycles. The van der Waals surface area contributed by atoms with Crippen molar-refractivity contribution in [3.05, 3.63) is 63.9 Å². The van der Waals surface area contributed by atoms with Gasteiger partial charge in [-0.15, -0.1) is 34.2 Å². The third-order valence-corrected chi connectivity index (χ3v) is 5.19. The van der Waals surface area contributed by atoms with Crippen LogP contribution in [-0.4, -0.2) is 34.4 Å². The lowest BCUT2D eigenvalue weighted by Crippen LogP contribution is -2.38. The number of thiophene rings is 1. The summed E-state index contributed by atoms with van der Waals surface area (Å²) in [6.45, 7) is 3.92. The van der Waals surface area contributed by atoms with E-state index >= 15 is 0 Å². The predicted octanol–water partition coefficient (Wildman–Crippen LogP) is 3.29. The van der Waals surface area contributed by atoms with Gasteiger partial charge in [-0.1, -0.05) is 12.1 Å². The first-order chi connectivity index (χ1) is 13.7. The van der Waals surface area contributed by atoms with Crippen LogP contribution in [0.2, 0.25) is 0 Å². The molecule has 0 aliphatic rings. The van der Waals surface area contributed by atoms with Crippen molar-refractivity contribution in [1.82, 2.24) is 25.4 Å². The second kappa shape index (κ2) is 11.8. The van der Waals surface area contributed by atoms with Gasteiger partial charge in [0.25, 0.3) is 0 Å². The highest BCUT2D eigenvalue weighted by Gasteiger charge is 2.06. The second-order valence-corrected chi connectivity index (χ2v) is 7.18. The van der Waals surface area contributed by atoms with Gasteiger partial charge >= 0.3 is 0 Å². The Morgan fingerprint density at radius 2 is 1.93 bits per heavy atom. The van der Waals surface area contributed by atoms with Gasteiger partial charge in [-0.25, -0.2) is 4.99 Å². The molecule has 0 bridgehead atoms. The number of nitrogens with one attached hydrogen (secondary N) is 2. The molecule has 2 N–H and O–H groups in total. The average molecular weight is 526 g/mol. The zero-order valence-electron chi connectivity index (χ0n) is 16.9. The minimum atomic E-state index is 0. The van der Waals surface area contributed by atoms with Gasteiger partial charge in [0.15, 0.2) is 11.8 Å². The van der Waals surface area contributed by atoms with Crippen LogP contribution in [0.5, 0.6) is 5.75 Å². The first-order valence-corrected chi connectivity index (χ1v) is 10.1. The maximum atomic E-state index is 5.21. The number of aliphatic imine (C=N–C) groups is 1. The highest BCUT2D eigenvalue weighted by molar-refractivity contribution is 14.0. The molecule has 7 nitrogen and oxygen atoms in total. The van der Waals surface area contributed by atoms with Crippen LogP contribution in [0, 0.1) is 6.92 Å². The fourth-order valence-electron chi connectivity index (χ4n) is 2.61. The van der Waals surface area contributed by atoms with Gasteiger partial charge in [0.05, 0.1) is 20.2 Å². The molecular formula is C20H27IN6OS. The summed E-state index contributed by atoms with van der Waals surface area (Å²) in [6, 6.07) is 10.2. The number of ether oxygens (including phenoxy) is 1. The van der Waals surface area contributed by atoms with Crippen molar-refractivity contribution >= 4 is 41.3 Å². The molecule has 0 saturated carbocycles. The molecule has 0 unspecified atom stereocenters. The van der Waals surface area contributed by atoms with Crippen LogP contribution in [0.3, 0.4) is 0 Å². The van der Waals surface area contributed by atoms with Crippen LogP contribution in [0.25, 0.3) is 0 Å². The number of rotatable bonds is 8. The van der Waals surface area contributed by atoms with Gasteiger partial charge in [-0.3, -0.25) is 0 Å². The molecule has 1 aromatic carbocycles. The molecule has 2 heterocycles. The largest absolute Gasteiger partial charge is 0.497 e. The van der Waals surface area contributed by atoms with Crippen molar-refractivity contribution in [3.63, 3.8) is 0 Å². The molecule has 2 aromatic heterocycles. The molecular weight excluding hydrogens is 499 g/mol. The number of aromatic nitrogens is 3. The Bertz CT molecular complexity index is 892. The van der Waals surface area contributed by atoms with E-state index < -0.39 is 0 Å². The van der Waals surface area contributed by atoms with Crippen LogP contribution in [0.15, 0.2) is 46.1 Å². The smallest absolute Gasteiger partial charge is 0.191 e. The van der Waals surface area contributed by atoms with Gasteiger partial charge in [0.2, 0.25) is 0 Å². The molecule has 0 radical (unpaired) electrons. The zero-order valence-corrected chi connectivity index (χ0v) is 20.0. The predicted molar refractivity (Wildman–Crippen MR) is 128 cm³/mol. The van der Waals surface area contributed by atoms with Gasteiger partial charge in [0.1, 0.15) is 11.6 Å². The molecule has 0 saturated heterocycles. The fourth-order valence-corrected chi connectivity index (χ4v) is 3.27. The number of methoxy groups -OCH3 is 1. The first kappa shape index (κ1) is 23.1. The summed E-state index contributed by atoms with van der Waals surface area (Å²) in [6.07, 6.45) is 0.895. The van der Waals surface area contributed by atoms with Gasteiger partial charge in [-0.05, 0) is 53.4 Å². The number of aryl methyl sites for hydroxylation is 1. The SMILES string of the molecule is COc1ccc(CCNC(=NCc2ccsc2)NCc2nnc(C)n2C)cc1.I. The first-order valence-electron chi connectivity index (χ1n) is 9.17. The monoisotopic (exact) mass is 526 g/mol. The van der Waals surface area contributed by atoms with Crippen molar-refractivity contribution in [2.45, 2.75) is 26.4 Å². The fraction of sp³-hybridized carbons (Fsp3) is 0.350. The summed E-state index contributed by atoms with van der Waals surface area (Å²) in [4.78, 5) is 4.70. The molecule has 0 aliphatic heterocycles. The number of halogens is 1. The Morgan fingerprint density at radius 3 is 2.55 bits per heavy atom. The third kappa shape index (κ3) is 7.00. The second-order valence-electron chi connectivity index (χ2n) is 6.40. The van der Waals surface area contributed by atoms with Crippen LogP contribution in [0.1, 0.15) is 22.8 Å². The number of hydrogen-bond donors (Lipinski definition) is 2. The van der Waals surface area contributed by atoms with Crippen LogP contribution in [0.4, 0.5) is 0 Å². The standard InChI is InChI=1S/C20H26N6OS.HI/c1-15-24-25-19(26(15)2)13-23-20(22-12-17-9-11-28-14-17)21-10-8-16-4-6-18(27-3)7-5-16;/h4-7,9,11,14H,8,10,12-13H2,1-3H3,(H2,21,22,23);1H. The van der Waals surface area contributed by atoms with Crippen LogP contribution < -0.4 is 15.4 Å². The molecule has 0 spiro atoms. The Hall–Kier alpha value is -2.14. The molecule has 29 heavy (non-hydrogen) atoms. The van der Waals surface area contributed by atoms with Crippen LogP contribution in [-0.2, 0) is 26.6 Å². The van der Waals surface area contributed by atoms with E-state index in [0.717, 1.165) is 36.3 Å². The number of benzene rings is 1. The third-order valence-electron chi connectivity index (χ3n) is 4.46. The highest BCUT2D eigenvalue weighted by atomic mass is 127. The number of nitrogens with zero attached hydrogens (tertiary/aromatic N) is 4. The minimum absolute atomic E-state index is 0. The van der Waals surface area contributed by atoms with Crippen molar-refractivity contribution in [2.75, 3.05) is 13.7 Å². The lowest BCUT2D eigenvalue weighted by molar-refractivity contribution is 0.414. The maximum absolute atomic E-state index is 5.21. The van der Waals surface area contributed by atoms with Crippen molar-refractivity contribution in [1.29, 1.82) is 0 Å². The lowest BCUT2D eigenvalue weighted by Gasteiger charge is -2.13. The number of hydrogen-bond acceptors (Lipinski definition) is 5. The molecule has 3 rings (SSSR count). The Morgan fingerprint density at radius 1 is 1.14 bits per heavy atom. The molecule has 156 valence electrons. The summed E-state index contributed by atoms with van der Waals surface area (Å²) in [5.74, 6) is 3.40. The summed E-state index contributed by atoms with van der Waals surface area (Å²) >= 11 is 1.68. The van der Waals surface area contributed by atoms with E-state index in [-0.39, 0.29) is 24.0 Å². The van der Waals surface area contributed by atoms with Crippen molar-refractivity contribution in [3.8, 4) is 5.75 Å². The minimum Gasteiger partial charge on any atom is -0.497 e. The van der Waals surface area contributed by atoms with Crippen molar-refractivity contribution in [2.24, 2.45) is 12.0 Å². The normalized spacial score (nSPS) is 11.1. The van der Waals surface area contributed by atoms with Crippen molar-refractivity contribution < 1.29 is 4.74 Å². The van der Waals surface area contributed by atoms with E-state index in [9.17, 15) is 0 Å². The molecule has 0 atom stereocenters. The van der Waals surface area contributed by atoms with E-state index in [2.05, 4.69) is 49.8 Å². The lowest BCUT2D eigenvalue weighted by atomic mass is 10.1. The van der Waals surface area contributed by atoms with E-state index in [1.54, 1.807) is 18.4 Å². The highest BCUT2D eigenvalue weighted by Crippen LogP contribution is 2.11. The Kier molecular flexibility index (Phi) is 9.39. The Labute approximate surface area is 192 Å². The molecule has 0 fully saturated rings. The zero-order chi connectivity index (χ0) is 19.8. The maximum Gasteiger partial charge on any atom is 0.191 e. The van der Waals surface area contributed by atoms with Gasteiger partial charge < -0.3 is 19.9 Å². The Balaban J connectivity index is 0.00000300. The molecule has 0 amide bonds. The molecule has 3 aromatic rings. The van der Waals surface area contributed by atoms with Crippen LogP contribution >= 0.6 is 35.3 Å². The summed E-state index contributed by atoms with van der Waals surface area (Å²) in [7, 11) is 3.64. The van der Waals surface area contributed by atoms with E-state index in [1.807, 2.05) is 30.7 Å². The summed E-state index contributed by atoms with van der Waals surface area (Å²) in [5.41, 5.74) is 2.45.